The second-order valence-electron chi connectivity index (χ2n) is 6.54. The molecule has 0 unspecified atom stereocenters. The van der Waals surface area contributed by atoms with Gasteiger partial charge in [-0.05, 0) is 55.7 Å². The van der Waals surface area contributed by atoms with Crippen molar-refractivity contribution in [1.29, 1.82) is 0 Å². The van der Waals surface area contributed by atoms with Crippen LogP contribution in [0, 0.1) is 5.92 Å². The summed E-state index contributed by atoms with van der Waals surface area (Å²) in [6.07, 6.45) is 5.67. The van der Waals surface area contributed by atoms with Crippen molar-refractivity contribution in [3.05, 3.63) is 29.8 Å². The molecule has 0 bridgehead atoms. The van der Waals surface area contributed by atoms with E-state index in [1.807, 2.05) is 6.07 Å². The molecular weight excluding hydrogens is 441 g/mol. The average molecular weight is 475 g/mol. The fourth-order valence-corrected chi connectivity index (χ4v) is 2.47. The molecule has 5 nitrogen and oxygen atoms in total. The van der Waals surface area contributed by atoms with Gasteiger partial charge < -0.3 is 20.1 Å². The Morgan fingerprint density at radius 1 is 1.19 bits per heavy atom. The van der Waals surface area contributed by atoms with Gasteiger partial charge in [-0.3, -0.25) is 4.99 Å². The maximum absolute atomic E-state index is 5.68. The molecule has 0 heterocycles. The molecule has 1 aliphatic carbocycles. The first-order chi connectivity index (χ1) is 12.3. The van der Waals surface area contributed by atoms with E-state index in [2.05, 4.69) is 40.7 Å². The summed E-state index contributed by atoms with van der Waals surface area (Å²) in [6.45, 7) is 6.37. The van der Waals surface area contributed by atoms with Crippen LogP contribution in [0.5, 0.6) is 5.75 Å². The molecule has 1 aromatic carbocycles. The van der Waals surface area contributed by atoms with E-state index in [9.17, 15) is 0 Å². The van der Waals surface area contributed by atoms with Gasteiger partial charge in [0, 0.05) is 33.4 Å². The summed E-state index contributed by atoms with van der Waals surface area (Å²) in [5.41, 5.74) is 1.27. The van der Waals surface area contributed by atoms with Crippen molar-refractivity contribution in [2.24, 2.45) is 10.9 Å². The third kappa shape index (κ3) is 10.2. The molecule has 0 aromatic heterocycles. The number of benzene rings is 1. The molecule has 1 saturated carbocycles. The molecule has 1 aromatic rings. The zero-order valence-electron chi connectivity index (χ0n) is 16.1. The van der Waals surface area contributed by atoms with E-state index in [1.54, 1.807) is 7.05 Å². The van der Waals surface area contributed by atoms with Gasteiger partial charge in [0.1, 0.15) is 5.75 Å². The first kappa shape index (κ1) is 23.0. The number of halogens is 1. The Balaban J connectivity index is 0.00000338. The number of nitrogens with one attached hydrogen (secondary N) is 2. The highest BCUT2D eigenvalue weighted by atomic mass is 127. The Morgan fingerprint density at radius 3 is 2.73 bits per heavy atom. The van der Waals surface area contributed by atoms with Gasteiger partial charge >= 0.3 is 0 Å². The van der Waals surface area contributed by atoms with Crippen molar-refractivity contribution >= 4 is 29.9 Å². The molecule has 148 valence electrons. The largest absolute Gasteiger partial charge is 0.494 e. The van der Waals surface area contributed by atoms with Crippen molar-refractivity contribution in [2.75, 3.05) is 40.0 Å². The highest BCUT2D eigenvalue weighted by molar-refractivity contribution is 14.0. The molecule has 1 aliphatic rings. The minimum Gasteiger partial charge on any atom is -0.494 e. The Labute approximate surface area is 175 Å². The van der Waals surface area contributed by atoms with Gasteiger partial charge in [0.2, 0.25) is 0 Å². The minimum atomic E-state index is 0. The van der Waals surface area contributed by atoms with Gasteiger partial charge in [0.15, 0.2) is 5.96 Å². The summed E-state index contributed by atoms with van der Waals surface area (Å²) >= 11 is 0. The second kappa shape index (κ2) is 14.1. The number of rotatable bonds is 12. The number of hydrogen-bond donors (Lipinski definition) is 2. The standard InChI is InChI=1S/C20H33N3O2.HI/c1-3-13-25-19-7-4-6-17(15-19)10-12-23-20(21-2)22-11-5-14-24-16-18-8-9-18;/h4,6-7,15,18H,3,5,8-14,16H2,1-2H3,(H2,21,22,23);1H. The number of guanidine groups is 1. The first-order valence-corrected chi connectivity index (χ1v) is 9.55. The summed E-state index contributed by atoms with van der Waals surface area (Å²) in [7, 11) is 1.80. The monoisotopic (exact) mass is 475 g/mol. The van der Waals surface area contributed by atoms with Crippen molar-refractivity contribution in [3.8, 4) is 5.75 Å². The van der Waals surface area contributed by atoms with Crippen LogP contribution in [0.2, 0.25) is 0 Å². The topological polar surface area (TPSA) is 54.9 Å². The fraction of sp³-hybridized carbons (Fsp3) is 0.650. The van der Waals surface area contributed by atoms with E-state index in [4.69, 9.17) is 9.47 Å². The molecule has 2 N–H and O–H groups in total. The van der Waals surface area contributed by atoms with Gasteiger partial charge in [0.25, 0.3) is 0 Å². The lowest BCUT2D eigenvalue weighted by Crippen LogP contribution is -2.39. The van der Waals surface area contributed by atoms with Gasteiger partial charge in [0.05, 0.1) is 6.61 Å². The Kier molecular flexibility index (Phi) is 12.5. The van der Waals surface area contributed by atoms with Crippen LogP contribution in [-0.2, 0) is 11.2 Å². The van der Waals surface area contributed by atoms with Crippen molar-refractivity contribution in [1.82, 2.24) is 10.6 Å². The van der Waals surface area contributed by atoms with E-state index < -0.39 is 0 Å². The second-order valence-corrected chi connectivity index (χ2v) is 6.54. The predicted octanol–water partition coefficient (Wildman–Crippen LogP) is 3.62. The zero-order chi connectivity index (χ0) is 17.7. The number of hydrogen-bond acceptors (Lipinski definition) is 3. The van der Waals surface area contributed by atoms with Crippen LogP contribution in [0.1, 0.15) is 38.2 Å². The summed E-state index contributed by atoms with van der Waals surface area (Å²) in [5.74, 6) is 2.64. The van der Waals surface area contributed by atoms with Crippen LogP contribution in [0.4, 0.5) is 0 Å². The average Bonchev–Trinajstić information content (AvgIpc) is 3.46. The summed E-state index contributed by atoms with van der Waals surface area (Å²) in [5, 5.41) is 6.69. The van der Waals surface area contributed by atoms with E-state index in [0.29, 0.717) is 0 Å². The Hall–Kier alpha value is -1.02. The van der Waals surface area contributed by atoms with Crippen LogP contribution < -0.4 is 15.4 Å². The Morgan fingerprint density at radius 2 is 2.00 bits per heavy atom. The highest BCUT2D eigenvalue weighted by Gasteiger charge is 2.20. The molecular formula is C20H34IN3O2. The smallest absolute Gasteiger partial charge is 0.190 e. The van der Waals surface area contributed by atoms with E-state index in [-0.39, 0.29) is 24.0 Å². The van der Waals surface area contributed by atoms with Gasteiger partial charge in [-0.2, -0.15) is 0 Å². The van der Waals surface area contributed by atoms with Crippen molar-refractivity contribution in [2.45, 2.75) is 39.0 Å². The Bertz CT molecular complexity index is 522. The molecule has 0 saturated heterocycles. The van der Waals surface area contributed by atoms with E-state index in [1.165, 1.54) is 18.4 Å². The van der Waals surface area contributed by atoms with Gasteiger partial charge in [-0.1, -0.05) is 19.1 Å². The molecule has 0 spiro atoms. The van der Waals surface area contributed by atoms with Crippen LogP contribution in [-0.4, -0.2) is 45.9 Å². The van der Waals surface area contributed by atoms with Gasteiger partial charge in [-0.25, -0.2) is 0 Å². The lowest BCUT2D eigenvalue weighted by Gasteiger charge is -2.12. The third-order valence-corrected chi connectivity index (χ3v) is 4.11. The number of ether oxygens (including phenoxy) is 2. The summed E-state index contributed by atoms with van der Waals surface area (Å²) in [6, 6.07) is 8.31. The van der Waals surface area contributed by atoms with Crippen molar-refractivity contribution in [3.63, 3.8) is 0 Å². The number of aliphatic imine (C=N–C) groups is 1. The molecule has 0 amide bonds. The fourth-order valence-electron chi connectivity index (χ4n) is 2.47. The predicted molar refractivity (Wildman–Crippen MR) is 119 cm³/mol. The lowest BCUT2D eigenvalue weighted by atomic mass is 10.1. The minimum absolute atomic E-state index is 0. The van der Waals surface area contributed by atoms with Crippen LogP contribution in [0.3, 0.4) is 0 Å². The van der Waals surface area contributed by atoms with E-state index >= 15 is 0 Å². The maximum Gasteiger partial charge on any atom is 0.190 e. The lowest BCUT2D eigenvalue weighted by molar-refractivity contribution is 0.123. The van der Waals surface area contributed by atoms with Crippen LogP contribution in [0.15, 0.2) is 29.3 Å². The van der Waals surface area contributed by atoms with Crippen LogP contribution in [0.25, 0.3) is 0 Å². The van der Waals surface area contributed by atoms with E-state index in [0.717, 1.165) is 69.8 Å². The molecule has 0 aliphatic heterocycles. The quantitative estimate of drug-likeness (QED) is 0.210. The molecule has 0 atom stereocenters. The summed E-state index contributed by atoms with van der Waals surface area (Å²) < 4.78 is 11.3. The molecule has 6 heteroatoms. The molecule has 26 heavy (non-hydrogen) atoms. The zero-order valence-corrected chi connectivity index (χ0v) is 18.5. The molecule has 1 fully saturated rings. The normalized spacial score (nSPS) is 13.8. The third-order valence-electron chi connectivity index (χ3n) is 4.11. The number of nitrogens with zero attached hydrogens (tertiary/aromatic N) is 1. The molecule has 2 rings (SSSR count). The first-order valence-electron chi connectivity index (χ1n) is 9.55. The maximum atomic E-state index is 5.68. The SMILES string of the molecule is CCCOc1cccc(CCNC(=NC)NCCCOCC2CC2)c1.I. The summed E-state index contributed by atoms with van der Waals surface area (Å²) in [4.78, 5) is 4.26. The van der Waals surface area contributed by atoms with Gasteiger partial charge in [-0.15, -0.1) is 24.0 Å². The van der Waals surface area contributed by atoms with Crippen LogP contribution >= 0.6 is 24.0 Å². The molecule has 0 radical (unpaired) electrons. The van der Waals surface area contributed by atoms with Crippen molar-refractivity contribution < 1.29 is 9.47 Å². The highest BCUT2D eigenvalue weighted by Crippen LogP contribution is 2.28.